The fourth-order valence-corrected chi connectivity index (χ4v) is 3.20. The van der Waals surface area contributed by atoms with E-state index >= 15 is 0 Å². The number of ether oxygens (including phenoxy) is 1. The second-order valence-electron chi connectivity index (χ2n) is 5.11. The molecule has 0 radical (unpaired) electrons. The molecule has 9 heteroatoms. The van der Waals surface area contributed by atoms with Crippen molar-refractivity contribution in [2.75, 3.05) is 12.4 Å². The average molecular weight is 390 g/mol. The van der Waals surface area contributed by atoms with Gasteiger partial charge in [-0.2, -0.15) is 0 Å². The summed E-state index contributed by atoms with van der Waals surface area (Å²) in [5, 5.41) is 16.0. The van der Waals surface area contributed by atoms with Crippen molar-refractivity contribution in [1.29, 1.82) is 0 Å². The van der Waals surface area contributed by atoms with Crippen LogP contribution in [0, 0.1) is 10.1 Å². The lowest BCUT2D eigenvalue weighted by molar-refractivity contribution is -0.385. The number of nitro groups is 1. The van der Waals surface area contributed by atoms with Gasteiger partial charge in [-0.3, -0.25) is 20.2 Å². The minimum atomic E-state index is -0.653. The number of para-hydroxylation sites is 1. The first-order valence-corrected chi connectivity index (χ1v) is 8.59. The number of rotatable bonds is 5. The summed E-state index contributed by atoms with van der Waals surface area (Å²) < 4.78 is 5.30. The number of hydrogen-bond acceptors (Lipinski definition) is 6. The number of nitrogens with zero attached hydrogens (tertiary/aromatic N) is 2. The molecule has 3 aromatic rings. The van der Waals surface area contributed by atoms with Crippen LogP contribution in [0.3, 0.4) is 0 Å². The van der Waals surface area contributed by atoms with E-state index in [2.05, 4.69) is 10.3 Å². The molecule has 0 aliphatic heterocycles. The molecule has 0 aliphatic carbocycles. The number of nitro benzene ring substituents is 1. The van der Waals surface area contributed by atoms with Crippen molar-refractivity contribution in [3.63, 3.8) is 0 Å². The maximum Gasteiger partial charge on any atom is 0.282 e. The summed E-state index contributed by atoms with van der Waals surface area (Å²) in [6, 6.07) is 11.2. The summed E-state index contributed by atoms with van der Waals surface area (Å²) >= 11 is 7.06. The molecule has 0 fully saturated rings. The van der Waals surface area contributed by atoms with Crippen LogP contribution in [0.1, 0.15) is 10.4 Å². The first-order valence-electron chi connectivity index (χ1n) is 7.34. The van der Waals surface area contributed by atoms with Gasteiger partial charge in [0.25, 0.3) is 11.6 Å². The molecule has 1 aromatic heterocycles. The Balaban J connectivity index is 1.87. The monoisotopic (exact) mass is 389 g/mol. The third-order valence-corrected chi connectivity index (χ3v) is 4.50. The Morgan fingerprint density at radius 3 is 2.81 bits per heavy atom. The molecule has 0 saturated heterocycles. The number of methoxy groups -OCH3 is 1. The highest BCUT2D eigenvalue weighted by atomic mass is 35.5. The molecule has 132 valence electrons. The van der Waals surface area contributed by atoms with Gasteiger partial charge in [-0.15, -0.1) is 11.3 Å². The van der Waals surface area contributed by atoms with Crippen molar-refractivity contribution >= 4 is 39.7 Å². The van der Waals surface area contributed by atoms with Crippen molar-refractivity contribution in [3.05, 3.63) is 68.5 Å². The maximum absolute atomic E-state index is 12.4. The summed E-state index contributed by atoms with van der Waals surface area (Å²) in [5.41, 5.74) is 0.953. The second kappa shape index (κ2) is 7.51. The predicted octanol–water partition coefficient (Wildman–Crippen LogP) is 4.63. The smallest absolute Gasteiger partial charge is 0.282 e. The SMILES string of the molecule is COc1ccccc1-c1csc(NC(=O)c2cc(Cl)ccc2[N+](=O)[O-])n1. The largest absolute Gasteiger partial charge is 0.496 e. The van der Waals surface area contributed by atoms with Crippen LogP contribution >= 0.6 is 22.9 Å². The summed E-state index contributed by atoms with van der Waals surface area (Å²) in [5.74, 6) is 0.00119. The number of carbonyl (C=O) groups excluding carboxylic acids is 1. The lowest BCUT2D eigenvalue weighted by Gasteiger charge is -2.05. The van der Waals surface area contributed by atoms with Crippen molar-refractivity contribution in [2.45, 2.75) is 0 Å². The predicted molar refractivity (Wildman–Crippen MR) is 100 cm³/mol. The highest BCUT2D eigenvalue weighted by Crippen LogP contribution is 2.32. The lowest BCUT2D eigenvalue weighted by atomic mass is 10.1. The third-order valence-electron chi connectivity index (χ3n) is 3.51. The zero-order chi connectivity index (χ0) is 18.7. The minimum absolute atomic E-state index is 0.128. The number of hydrogen-bond donors (Lipinski definition) is 1. The summed E-state index contributed by atoms with van der Waals surface area (Å²) in [6.07, 6.45) is 0. The molecule has 0 atom stereocenters. The number of carbonyl (C=O) groups is 1. The number of aromatic nitrogens is 1. The van der Waals surface area contributed by atoms with E-state index in [9.17, 15) is 14.9 Å². The number of amides is 1. The Morgan fingerprint density at radius 2 is 2.08 bits per heavy atom. The molecule has 2 aromatic carbocycles. The van der Waals surface area contributed by atoms with Crippen molar-refractivity contribution in [3.8, 4) is 17.0 Å². The Labute approximate surface area is 157 Å². The number of anilines is 1. The molecular formula is C17H12ClN3O4S. The van der Waals surface area contributed by atoms with Crippen LogP contribution in [-0.2, 0) is 0 Å². The zero-order valence-electron chi connectivity index (χ0n) is 13.4. The molecule has 1 N–H and O–H groups in total. The normalized spacial score (nSPS) is 10.4. The van der Waals surface area contributed by atoms with Gasteiger partial charge in [0.05, 0.1) is 17.7 Å². The minimum Gasteiger partial charge on any atom is -0.496 e. The highest BCUT2D eigenvalue weighted by molar-refractivity contribution is 7.14. The van der Waals surface area contributed by atoms with E-state index in [0.29, 0.717) is 16.6 Å². The van der Waals surface area contributed by atoms with Gasteiger partial charge in [0.15, 0.2) is 5.13 Å². The van der Waals surface area contributed by atoms with Gasteiger partial charge in [-0.25, -0.2) is 4.98 Å². The van der Waals surface area contributed by atoms with Crippen LogP contribution in [0.25, 0.3) is 11.3 Å². The van der Waals surface area contributed by atoms with Crippen LogP contribution in [0.5, 0.6) is 5.75 Å². The van der Waals surface area contributed by atoms with Crippen LogP contribution < -0.4 is 10.1 Å². The van der Waals surface area contributed by atoms with E-state index in [1.165, 1.54) is 29.5 Å². The van der Waals surface area contributed by atoms with Crippen molar-refractivity contribution in [2.24, 2.45) is 0 Å². The fraction of sp³-hybridized carbons (Fsp3) is 0.0588. The molecular weight excluding hydrogens is 378 g/mol. The van der Waals surface area contributed by atoms with E-state index in [0.717, 1.165) is 5.56 Å². The average Bonchev–Trinajstić information content (AvgIpc) is 3.09. The molecule has 1 amide bonds. The standard InChI is InChI=1S/C17H12ClN3O4S/c1-25-15-5-3-2-4-11(15)13-9-26-17(19-13)20-16(22)12-8-10(18)6-7-14(12)21(23)24/h2-9H,1H3,(H,19,20,22). The zero-order valence-corrected chi connectivity index (χ0v) is 15.0. The number of halogens is 1. The first-order chi connectivity index (χ1) is 12.5. The summed E-state index contributed by atoms with van der Waals surface area (Å²) in [6.45, 7) is 0. The Hall–Kier alpha value is -2.97. The molecule has 3 rings (SSSR count). The van der Waals surface area contributed by atoms with Crippen molar-refractivity contribution < 1.29 is 14.5 Å². The molecule has 26 heavy (non-hydrogen) atoms. The van der Waals surface area contributed by atoms with E-state index in [1.54, 1.807) is 12.5 Å². The topological polar surface area (TPSA) is 94.4 Å². The van der Waals surface area contributed by atoms with Gasteiger partial charge < -0.3 is 4.74 Å². The maximum atomic E-state index is 12.4. The summed E-state index contributed by atoms with van der Waals surface area (Å²) in [7, 11) is 1.56. The molecule has 0 bridgehead atoms. The van der Waals surface area contributed by atoms with E-state index in [4.69, 9.17) is 16.3 Å². The van der Waals surface area contributed by atoms with E-state index in [-0.39, 0.29) is 16.3 Å². The van der Waals surface area contributed by atoms with E-state index < -0.39 is 10.8 Å². The molecule has 7 nitrogen and oxygen atoms in total. The quantitative estimate of drug-likeness (QED) is 0.507. The van der Waals surface area contributed by atoms with Gasteiger partial charge in [0.1, 0.15) is 11.3 Å². The Kier molecular flexibility index (Phi) is 5.15. The van der Waals surface area contributed by atoms with Crippen LogP contribution in [-0.4, -0.2) is 22.9 Å². The molecule has 0 unspecified atom stereocenters. The number of thiazole rings is 1. The van der Waals surface area contributed by atoms with Gasteiger partial charge in [-0.1, -0.05) is 23.7 Å². The second-order valence-corrected chi connectivity index (χ2v) is 6.41. The van der Waals surface area contributed by atoms with Gasteiger partial charge in [-0.05, 0) is 24.3 Å². The fourth-order valence-electron chi connectivity index (χ4n) is 2.32. The van der Waals surface area contributed by atoms with Crippen LogP contribution in [0.15, 0.2) is 47.8 Å². The highest BCUT2D eigenvalue weighted by Gasteiger charge is 2.21. The van der Waals surface area contributed by atoms with E-state index in [1.807, 2.05) is 24.3 Å². The Bertz CT molecular complexity index is 990. The number of benzene rings is 2. The molecule has 1 heterocycles. The van der Waals surface area contributed by atoms with Gasteiger partial charge >= 0.3 is 0 Å². The number of nitrogens with one attached hydrogen (secondary N) is 1. The third kappa shape index (κ3) is 3.66. The molecule has 0 aliphatic rings. The molecule has 0 spiro atoms. The van der Waals surface area contributed by atoms with Gasteiger partial charge in [0.2, 0.25) is 0 Å². The lowest BCUT2D eigenvalue weighted by Crippen LogP contribution is -2.13. The van der Waals surface area contributed by atoms with Crippen LogP contribution in [0.2, 0.25) is 5.02 Å². The summed E-state index contributed by atoms with van der Waals surface area (Å²) in [4.78, 5) is 27.3. The van der Waals surface area contributed by atoms with Crippen molar-refractivity contribution in [1.82, 2.24) is 4.98 Å². The Morgan fingerprint density at radius 1 is 1.31 bits per heavy atom. The molecule has 0 saturated carbocycles. The first kappa shape index (κ1) is 17.8. The van der Waals surface area contributed by atoms with Crippen LogP contribution in [0.4, 0.5) is 10.8 Å². The van der Waals surface area contributed by atoms with Gasteiger partial charge in [0, 0.05) is 22.0 Å².